The molecule has 0 radical (unpaired) electrons. The van der Waals surface area contributed by atoms with Crippen LogP contribution in [0.25, 0.3) is 0 Å². The van der Waals surface area contributed by atoms with Gasteiger partial charge in [0.2, 0.25) is 0 Å². The molecule has 1 aromatic carbocycles. The molecule has 1 aromatic rings. The van der Waals surface area contributed by atoms with Crippen molar-refractivity contribution in [2.75, 3.05) is 25.0 Å². The van der Waals surface area contributed by atoms with E-state index in [-0.39, 0.29) is 0 Å². The van der Waals surface area contributed by atoms with Crippen LogP contribution in [-0.4, -0.2) is 20.1 Å². The molecule has 1 unspecified atom stereocenters. The smallest absolute Gasteiger partial charge is 0.0510 e. The Balaban J connectivity index is 2.03. The lowest BCUT2D eigenvalue weighted by molar-refractivity contribution is 0.378. The van der Waals surface area contributed by atoms with Crippen molar-refractivity contribution in [1.29, 1.82) is 0 Å². The molecule has 0 saturated carbocycles. The minimum Gasteiger partial charge on any atom is -0.371 e. The molecule has 112 valence electrons. The van der Waals surface area contributed by atoms with E-state index in [9.17, 15) is 0 Å². The molecular weight excluding hydrogens is 312 g/mol. The van der Waals surface area contributed by atoms with Gasteiger partial charge in [-0.15, -0.1) is 0 Å². The maximum Gasteiger partial charge on any atom is 0.0510 e. The normalized spacial score (nSPS) is 18.3. The fourth-order valence-corrected chi connectivity index (χ4v) is 3.73. The maximum absolute atomic E-state index is 3.76. The molecule has 1 atom stereocenters. The van der Waals surface area contributed by atoms with Gasteiger partial charge in [-0.05, 0) is 66.4 Å². The lowest BCUT2D eigenvalue weighted by atomic mass is 9.92. The molecule has 2 rings (SSSR count). The lowest BCUT2D eigenvalue weighted by Crippen LogP contribution is -2.33. The summed E-state index contributed by atoms with van der Waals surface area (Å²) in [6.45, 7) is 6.89. The van der Waals surface area contributed by atoms with Crippen LogP contribution >= 0.6 is 15.9 Å². The minimum absolute atomic E-state index is 0.399. The van der Waals surface area contributed by atoms with Gasteiger partial charge in [-0.3, -0.25) is 0 Å². The molecule has 2 nitrogen and oxygen atoms in total. The van der Waals surface area contributed by atoms with Crippen LogP contribution in [0.4, 0.5) is 5.69 Å². The highest BCUT2D eigenvalue weighted by atomic mass is 79.9. The van der Waals surface area contributed by atoms with E-state index < -0.39 is 0 Å². The van der Waals surface area contributed by atoms with E-state index in [1.165, 1.54) is 54.5 Å². The Morgan fingerprint density at radius 3 is 2.60 bits per heavy atom. The monoisotopic (exact) mass is 338 g/mol. The Bertz CT molecular complexity index is 425. The predicted octanol–water partition coefficient (Wildman–Crippen LogP) is 4.75. The zero-order chi connectivity index (χ0) is 14.5. The Morgan fingerprint density at radius 1 is 1.35 bits per heavy atom. The van der Waals surface area contributed by atoms with Crippen LogP contribution in [0.15, 0.2) is 22.7 Å². The molecule has 0 amide bonds. The van der Waals surface area contributed by atoms with Crippen LogP contribution in [0, 0.1) is 5.92 Å². The molecular formula is C17H27BrN2. The fourth-order valence-electron chi connectivity index (χ4n) is 3.09. The van der Waals surface area contributed by atoms with E-state index in [1.807, 2.05) is 7.05 Å². The van der Waals surface area contributed by atoms with Crippen molar-refractivity contribution in [1.82, 2.24) is 5.32 Å². The SMILES string of the molecule is CCCC1CCN(c2ccc(C(C)NC)cc2Br)CC1. The van der Waals surface area contributed by atoms with Gasteiger partial charge in [0, 0.05) is 23.6 Å². The van der Waals surface area contributed by atoms with Gasteiger partial charge in [0.25, 0.3) is 0 Å². The molecule has 1 aliphatic rings. The molecule has 0 aliphatic carbocycles. The van der Waals surface area contributed by atoms with Crippen molar-refractivity contribution in [3.05, 3.63) is 28.2 Å². The van der Waals surface area contributed by atoms with Gasteiger partial charge in [-0.2, -0.15) is 0 Å². The number of piperidine rings is 1. The van der Waals surface area contributed by atoms with Crippen LogP contribution in [0.5, 0.6) is 0 Å². The van der Waals surface area contributed by atoms with Gasteiger partial charge in [-0.25, -0.2) is 0 Å². The van der Waals surface area contributed by atoms with Gasteiger partial charge in [-0.1, -0.05) is 25.8 Å². The average molecular weight is 339 g/mol. The first kappa shape index (κ1) is 15.8. The Kier molecular flexibility index (Phi) is 5.91. The molecule has 1 aliphatic heterocycles. The summed E-state index contributed by atoms with van der Waals surface area (Å²) in [5.41, 5.74) is 2.69. The molecule has 20 heavy (non-hydrogen) atoms. The Morgan fingerprint density at radius 2 is 2.05 bits per heavy atom. The second-order valence-corrected chi connectivity index (χ2v) is 6.79. The zero-order valence-corrected chi connectivity index (χ0v) is 14.5. The highest BCUT2D eigenvalue weighted by Crippen LogP contribution is 2.33. The second-order valence-electron chi connectivity index (χ2n) is 5.94. The number of halogens is 1. The number of hydrogen-bond acceptors (Lipinski definition) is 2. The van der Waals surface area contributed by atoms with Gasteiger partial charge in [0.15, 0.2) is 0 Å². The summed E-state index contributed by atoms with van der Waals surface area (Å²) in [6, 6.07) is 7.18. The van der Waals surface area contributed by atoms with Gasteiger partial charge >= 0.3 is 0 Å². The van der Waals surface area contributed by atoms with Crippen LogP contribution in [-0.2, 0) is 0 Å². The summed E-state index contributed by atoms with van der Waals surface area (Å²) in [6.07, 6.45) is 5.41. The van der Waals surface area contributed by atoms with E-state index in [0.717, 1.165) is 5.92 Å². The highest BCUT2D eigenvalue weighted by molar-refractivity contribution is 9.10. The third-order valence-corrected chi connectivity index (χ3v) is 5.19. The van der Waals surface area contributed by atoms with E-state index in [2.05, 4.69) is 58.2 Å². The van der Waals surface area contributed by atoms with Crippen LogP contribution in [0.3, 0.4) is 0 Å². The minimum atomic E-state index is 0.399. The Labute approximate surface area is 132 Å². The summed E-state index contributed by atoms with van der Waals surface area (Å²) in [4.78, 5) is 2.53. The third kappa shape index (κ3) is 3.76. The van der Waals surface area contributed by atoms with E-state index in [1.54, 1.807) is 0 Å². The standard InChI is InChI=1S/C17H27BrN2/c1-4-5-14-8-10-20(11-9-14)17-7-6-15(12-16(17)18)13(2)19-3/h6-7,12-14,19H,4-5,8-11H2,1-3H3. The molecule has 1 N–H and O–H groups in total. The largest absolute Gasteiger partial charge is 0.371 e. The number of nitrogens with zero attached hydrogens (tertiary/aromatic N) is 1. The first-order valence-corrected chi connectivity index (χ1v) is 8.66. The van der Waals surface area contributed by atoms with Crippen molar-refractivity contribution >= 4 is 21.6 Å². The van der Waals surface area contributed by atoms with Crippen molar-refractivity contribution in [2.24, 2.45) is 5.92 Å². The summed E-state index contributed by atoms with van der Waals surface area (Å²) in [5, 5.41) is 3.29. The van der Waals surface area contributed by atoms with E-state index in [4.69, 9.17) is 0 Å². The molecule has 0 aromatic heterocycles. The number of anilines is 1. The molecule has 0 spiro atoms. The van der Waals surface area contributed by atoms with E-state index in [0.29, 0.717) is 6.04 Å². The first-order chi connectivity index (χ1) is 9.65. The third-order valence-electron chi connectivity index (χ3n) is 4.56. The average Bonchev–Trinajstić information content (AvgIpc) is 2.47. The first-order valence-electron chi connectivity index (χ1n) is 7.87. The van der Waals surface area contributed by atoms with Gasteiger partial charge in [0.1, 0.15) is 0 Å². The quantitative estimate of drug-likeness (QED) is 0.833. The number of nitrogens with one attached hydrogen (secondary N) is 1. The summed E-state index contributed by atoms with van der Waals surface area (Å²) in [5.74, 6) is 0.943. The van der Waals surface area contributed by atoms with Crippen molar-refractivity contribution in [3.63, 3.8) is 0 Å². The predicted molar refractivity (Wildman–Crippen MR) is 91.5 cm³/mol. The number of benzene rings is 1. The molecule has 1 heterocycles. The van der Waals surface area contributed by atoms with Gasteiger partial charge < -0.3 is 10.2 Å². The summed E-state index contributed by atoms with van der Waals surface area (Å²) in [7, 11) is 2.00. The molecule has 0 bridgehead atoms. The molecule has 1 saturated heterocycles. The van der Waals surface area contributed by atoms with Crippen molar-refractivity contribution in [2.45, 2.75) is 45.6 Å². The van der Waals surface area contributed by atoms with Crippen molar-refractivity contribution in [3.8, 4) is 0 Å². The molecule has 3 heteroatoms. The van der Waals surface area contributed by atoms with E-state index >= 15 is 0 Å². The molecule has 1 fully saturated rings. The number of hydrogen-bond donors (Lipinski definition) is 1. The fraction of sp³-hybridized carbons (Fsp3) is 0.647. The highest BCUT2D eigenvalue weighted by Gasteiger charge is 2.20. The number of rotatable bonds is 5. The Hall–Kier alpha value is -0.540. The van der Waals surface area contributed by atoms with Crippen LogP contribution in [0.2, 0.25) is 0 Å². The van der Waals surface area contributed by atoms with Crippen molar-refractivity contribution < 1.29 is 0 Å². The maximum atomic E-state index is 3.76. The lowest BCUT2D eigenvalue weighted by Gasteiger charge is -2.34. The topological polar surface area (TPSA) is 15.3 Å². The van der Waals surface area contributed by atoms with Crippen LogP contribution in [0.1, 0.15) is 51.1 Å². The zero-order valence-electron chi connectivity index (χ0n) is 13.0. The van der Waals surface area contributed by atoms with Crippen LogP contribution < -0.4 is 10.2 Å². The summed E-state index contributed by atoms with van der Waals surface area (Å²) < 4.78 is 1.23. The second kappa shape index (κ2) is 7.46. The summed E-state index contributed by atoms with van der Waals surface area (Å²) >= 11 is 3.76. The van der Waals surface area contributed by atoms with Gasteiger partial charge in [0.05, 0.1) is 5.69 Å².